The zero-order valence-electron chi connectivity index (χ0n) is 8.04. The molecule has 1 aromatic heterocycles. The largest absolute Gasteiger partial charge is 0.231 e. The molecule has 0 bridgehead atoms. The van der Waals surface area contributed by atoms with Gasteiger partial charge in [-0.3, -0.25) is 0 Å². The molecule has 14 heavy (non-hydrogen) atoms. The maximum atomic E-state index is 13.3. The van der Waals surface area contributed by atoms with Crippen molar-refractivity contribution in [2.45, 2.75) is 13.8 Å². The molecule has 2 aromatic rings. The Kier molecular flexibility index (Phi) is 2.33. The molecular weight excluding hydrogens is 197 g/mol. The van der Waals surface area contributed by atoms with Crippen molar-refractivity contribution in [3.8, 4) is 10.4 Å². The van der Waals surface area contributed by atoms with E-state index in [1.165, 1.54) is 16.9 Å². The normalized spacial score (nSPS) is 10.5. The molecule has 0 spiro atoms. The lowest BCUT2D eigenvalue weighted by molar-refractivity contribution is 0.593. The molecule has 72 valence electrons. The summed E-state index contributed by atoms with van der Waals surface area (Å²) in [6.07, 6.45) is 0. The molecule has 0 saturated heterocycles. The van der Waals surface area contributed by atoms with Gasteiger partial charge in [-0.05, 0) is 19.4 Å². The van der Waals surface area contributed by atoms with Crippen LogP contribution in [0.25, 0.3) is 10.4 Å². The number of rotatable bonds is 1. The van der Waals surface area contributed by atoms with Gasteiger partial charge in [-0.1, -0.05) is 29.8 Å². The van der Waals surface area contributed by atoms with Crippen LogP contribution in [0.4, 0.5) is 4.39 Å². The minimum atomic E-state index is -0.364. The van der Waals surface area contributed by atoms with E-state index in [0.29, 0.717) is 4.88 Å². The third-order valence-corrected chi connectivity index (χ3v) is 3.00. The van der Waals surface area contributed by atoms with Crippen LogP contribution in [0.1, 0.15) is 10.6 Å². The van der Waals surface area contributed by atoms with E-state index in [1.807, 2.05) is 38.1 Å². The molecule has 0 aliphatic carbocycles. The average Bonchev–Trinajstić information content (AvgIpc) is 2.47. The highest BCUT2D eigenvalue weighted by Gasteiger charge is 2.09. The van der Waals surface area contributed by atoms with Gasteiger partial charge in [0, 0.05) is 0 Å². The SMILES string of the molecule is Cc1ccc(-c2sc(C)nc2F)cc1. The van der Waals surface area contributed by atoms with Crippen molar-refractivity contribution in [3.63, 3.8) is 0 Å². The first-order chi connectivity index (χ1) is 6.66. The van der Waals surface area contributed by atoms with Gasteiger partial charge in [-0.2, -0.15) is 4.39 Å². The molecule has 2 rings (SSSR count). The summed E-state index contributed by atoms with van der Waals surface area (Å²) < 4.78 is 13.3. The second-order valence-electron chi connectivity index (χ2n) is 3.22. The van der Waals surface area contributed by atoms with E-state index in [4.69, 9.17) is 0 Å². The Morgan fingerprint density at radius 1 is 1.14 bits per heavy atom. The summed E-state index contributed by atoms with van der Waals surface area (Å²) in [5.41, 5.74) is 2.08. The summed E-state index contributed by atoms with van der Waals surface area (Å²) in [6, 6.07) is 7.80. The Morgan fingerprint density at radius 3 is 2.29 bits per heavy atom. The molecule has 0 saturated carbocycles. The fraction of sp³-hybridized carbons (Fsp3) is 0.182. The zero-order chi connectivity index (χ0) is 10.1. The van der Waals surface area contributed by atoms with E-state index in [9.17, 15) is 4.39 Å². The van der Waals surface area contributed by atoms with Crippen LogP contribution in [0.5, 0.6) is 0 Å². The number of hydrogen-bond acceptors (Lipinski definition) is 2. The Morgan fingerprint density at radius 2 is 1.79 bits per heavy atom. The fourth-order valence-electron chi connectivity index (χ4n) is 1.28. The van der Waals surface area contributed by atoms with Gasteiger partial charge >= 0.3 is 0 Å². The quantitative estimate of drug-likeness (QED) is 0.696. The summed E-state index contributed by atoms with van der Waals surface area (Å²) >= 11 is 1.39. The van der Waals surface area contributed by atoms with Gasteiger partial charge in [0.1, 0.15) is 0 Å². The van der Waals surface area contributed by atoms with E-state index in [0.717, 1.165) is 10.6 Å². The maximum absolute atomic E-state index is 13.3. The van der Waals surface area contributed by atoms with Crippen LogP contribution in [0.15, 0.2) is 24.3 Å². The number of aromatic nitrogens is 1. The number of hydrogen-bond donors (Lipinski definition) is 0. The Balaban J connectivity index is 2.49. The van der Waals surface area contributed by atoms with Gasteiger partial charge in [0.25, 0.3) is 0 Å². The molecule has 0 fully saturated rings. The first-order valence-electron chi connectivity index (χ1n) is 4.37. The molecule has 1 nitrogen and oxygen atoms in total. The number of aryl methyl sites for hydroxylation is 2. The van der Waals surface area contributed by atoms with Gasteiger partial charge in [-0.25, -0.2) is 4.98 Å². The predicted octanol–water partition coefficient (Wildman–Crippen LogP) is 3.57. The fourth-order valence-corrected chi connectivity index (χ4v) is 2.09. The number of thiazole rings is 1. The molecule has 0 aliphatic rings. The van der Waals surface area contributed by atoms with Crippen LogP contribution in [0.3, 0.4) is 0 Å². The third-order valence-electron chi connectivity index (χ3n) is 2.01. The van der Waals surface area contributed by atoms with E-state index < -0.39 is 0 Å². The summed E-state index contributed by atoms with van der Waals surface area (Å²) in [7, 11) is 0. The molecule has 3 heteroatoms. The van der Waals surface area contributed by atoms with Crippen LogP contribution in [0.2, 0.25) is 0 Å². The Bertz CT molecular complexity index is 445. The highest BCUT2D eigenvalue weighted by atomic mass is 32.1. The van der Waals surface area contributed by atoms with Crippen molar-refractivity contribution >= 4 is 11.3 Å². The van der Waals surface area contributed by atoms with Crippen molar-refractivity contribution in [2.24, 2.45) is 0 Å². The molecule has 0 amide bonds. The molecular formula is C11H10FNS. The van der Waals surface area contributed by atoms with Crippen molar-refractivity contribution in [1.82, 2.24) is 4.98 Å². The van der Waals surface area contributed by atoms with Gasteiger partial charge in [0.05, 0.1) is 9.88 Å². The smallest absolute Gasteiger partial charge is 0.213 e. The molecule has 1 heterocycles. The number of nitrogens with zero attached hydrogens (tertiary/aromatic N) is 1. The lowest BCUT2D eigenvalue weighted by Crippen LogP contribution is -1.79. The number of benzene rings is 1. The third kappa shape index (κ3) is 1.68. The van der Waals surface area contributed by atoms with Crippen molar-refractivity contribution in [2.75, 3.05) is 0 Å². The van der Waals surface area contributed by atoms with Crippen LogP contribution in [0, 0.1) is 19.8 Å². The standard InChI is InChI=1S/C11H10FNS/c1-7-3-5-9(6-4-7)10-11(12)13-8(2)14-10/h3-6H,1-2H3. The Labute approximate surface area is 86.2 Å². The van der Waals surface area contributed by atoms with Crippen molar-refractivity contribution in [3.05, 3.63) is 40.8 Å². The van der Waals surface area contributed by atoms with E-state index in [1.54, 1.807) is 0 Å². The van der Waals surface area contributed by atoms with Gasteiger partial charge in [0.15, 0.2) is 0 Å². The molecule has 0 radical (unpaired) electrons. The minimum Gasteiger partial charge on any atom is -0.213 e. The number of halogens is 1. The predicted molar refractivity (Wildman–Crippen MR) is 57.0 cm³/mol. The maximum Gasteiger partial charge on any atom is 0.231 e. The zero-order valence-corrected chi connectivity index (χ0v) is 8.86. The van der Waals surface area contributed by atoms with Crippen molar-refractivity contribution < 1.29 is 4.39 Å². The molecule has 0 unspecified atom stereocenters. The summed E-state index contributed by atoms with van der Waals surface area (Å²) in [4.78, 5) is 4.39. The summed E-state index contributed by atoms with van der Waals surface area (Å²) in [5.74, 6) is -0.364. The van der Waals surface area contributed by atoms with Gasteiger partial charge in [-0.15, -0.1) is 11.3 Å². The monoisotopic (exact) mass is 207 g/mol. The molecule has 0 N–H and O–H groups in total. The van der Waals surface area contributed by atoms with Crippen molar-refractivity contribution in [1.29, 1.82) is 0 Å². The topological polar surface area (TPSA) is 12.9 Å². The lowest BCUT2D eigenvalue weighted by atomic mass is 10.1. The van der Waals surface area contributed by atoms with E-state index in [2.05, 4.69) is 4.98 Å². The average molecular weight is 207 g/mol. The highest BCUT2D eigenvalue weighted by Crippen LogP contribution is 2.28. The van der Waals surface area contributed by atoms with Crippen LogP contribution >= 0.6 is 11.3 Å². The Hall–Kier alpha value is -1.22. The lowest BCUT2D eigenvalue weighted by Gasteiger charge is -1.97. The van der Waals surface area contributed by atoms with Crippen LogP contribution < -0.4 is 0 Å². The first kappa shape index (κ1) is 9.34. The summed E-state index contributed by atoms with van der Waals surface area (Å²) in [6.45, 7) is 3.82. The van der Waals surface area contributed by atoms with Gasteiger partial charge < -0.3 is 0 Å². The van der Waals surface area contributed by atoms with Crippen LogP contribution in [-0.2, 0) is 0 Å². The van der Waals surface area contributed by atoms with E-state index in [-0.39, 0.29) is 5.95 Å². The second kappa shape index (κ2) is 3.50. The van der Waals surface area contributed by atoms with E-state index >= 15 is 0 Å². The summed E-state index contributed by atoms with van der Waals surface area (Å²) in [5, 5.41) is 0.762. The molecule has 0 aliphatic heterocycles. The minimum absolute atomic E-state index is 0.364. The molecule has 0 atom stereocenters. The highest BCUT2D eigenvalue weighted by molar-refractivity contribution is 7.15. The molecule has 1 aromatic carbocycles. The van der Waals surface area contributed by atoms with Gasteiger partial charge in [0.2, 0.25) is 5.95 Å². The second-order valence-corrected chi connectivity index (χ2v) is 4.42. The van der Waals surface area contributed by atoms with Crippen LogP contribution in [-0.4, -0.2) is 4.98 Å². The first-order valence-corrected chi connectivity index (χ1v) is 5.18.